The third-order valence-electron chi connectivity index (χ3n) is 2.91. The molecule has 5 heteroatoms. The Bertz CT molecular complexity index is 644. The Hall–Kier alpha value is -2.27. The lowest BCUT2D eigenvalue weighted by atomic mass is 10.2. The SMILES string of the molecule is Cc1cccc(NC(=O)CNCc2cc(F)ccc2F)c1. The molecule has 0 saturated heterocycles. The second-order valence-electron chi connectivity index (χ2n) is 4.76. The number of amides is 1. The lowest BCUT2D eigenvalue weighted by Crippen LogP contribution is -2.28. The summed E-state index contributed by atoms with van der Waals surface area (Å²) in [6, 6.07) is 10.7. The zero-order valence-corrected chi connectivity index (χ0v) is 11.6. The maximum Gasteiger partial charge on any atom is 0.238 e. The smallest absolute Gasteiger partial charge is 0.238 e. The maximum absolute atomic E-state index is 13.4. The second-order valence-corrected chi connectivity index (χ2v) is 4.76. The number of benzene rings is 2. The Morgan fingerprint density at radius 3 is 2.71 bits per heavy atom. The van der Waals surface area contributed by atoms with Crippen molar-refractivity contribution in [3.63, 3.8) is 0 Å². The van der Waals surface area contributed by atoms with E-state index < -0.39 is 11.6 Å². The number of hydrogen-bond donors (Lipinski definition) is 2. The van der Waals surface area contributed by atoms with Crippen molar-refractivity contribution in [2.24, 2.45) is 0 Å². The molecule has 0 saturated carbocycles. The van der Waals surface area contributed by atoms with Crippen LogP contribution in [-0.2, 0) is 11.3 Å². The molecule has 3 nitrogen and oxygen atoms in total. The molecule has 0 aromatic heterocycles. The Morgan fingerprint density at radius 2 is 1.95 bits per heavy atom. The number of hydrogen-bond acceptors (Lipinski definition) is 2. The van der Waals surface area contributed by atoms with Crippen LogP contribution in [0.25, 0.3) is 0 Å². The van der Waals surface area contributed by atoms with Crippen LogP contribution in [0.2, 0.25) is 0 Å². The van der Waals surface area contributed by atoms with Gasteiger partial charge >= 0.3 is 0 Å². The first kappa shape index (κ1) is 15.1. The normalized spacial score (nSPS) is 10.4. The van der Waals surface area contributed by atoms with Gasteiger partial charge in [0, 0.05) is 17.8 Å². The molecule has 0 aliphatic carbocycles. The fourth-order valence-corrected chi connectivity index (χ4v) is 1.92. The summed E-state index contributed by atoms with van der Waals surface area (Å²) in [6.45, 7) is 2.04. The Labute approximate surface area is 122 Å². The molecule has 0 radical (unpaired) electrons. The average molecular weight is 290 g/mol. The van der Waals surface area contributed by atoms with Gasteiger partial charge < -0.3 is 10.6 Å². The maximum atomic E-state index is 13.4. The van der Waals surface area contributed by atoms with Gasteiger partial charge in [-0.25, -0.2) is 8.78 Å². The quantitative estimate of drug-likeness (QED) is 0.889. The predicted molar refractivity (Wildman–Crippen MR) is 77.9 cm³/mol. The zero-order valence-electron chi connectivity index (χ0n) is 11.6. The van der Waals surface area contributed by atoms with Crippen LogP contribution in [0.3, 0.4) is 0 Å². The van der Waals surface area contributed by atoms with Crippen LogP contribution in [0.5, 0.6) is 0 Å². The number of rotatable bonds is 5. The van der Waals surface area contributed by atoms with E-state index in [1.54, 1.807) is 6.07 Å². The molecule has 0 unspecified atom stereocenters. The van der Waals surface area contributed by atoms with E-state index in [-0.39, 0.29) is 24.6 Å². The molecule has 21 heavy (non-hydrogen) atoms. The van der Waals surface area contributed by atoms with Crippen molar-refractivity contribution >= 4 is 11.6 Å². The van der Waals surface area contributed by atoms with E-state index in [0.717, 1.165) is 23.8 Å². The topological polar surface area (TPSA) is 41.1 Å². The van der Waals surface area contributed by atoms with Crippen molar-refractivity contribution in [1.29, 1.82) is 0 Å². The van der Waals surface area contributed by atoms with E-state index >= 15 is 0 Å². The van der Waals surface area contributed by atoms with Gasteiger partial charge in [-0.3, -0.25) is 4.79 Å². The Kier molecular flexibility index (Phi) is 5.00. The highest BCUT2D eigenvalue weighted by Crippen LogP contribution is 2.10. The van der Waals surface area contributed by atoms with Gasteiger partial charge in [-0.15, -0.1) is 0 Å². The first-order chi connectivity index (χ1) is 10.0. The van der Waals surface area contributed by atoms with Crippen LogP contribution in [0, 0.1) is 18.6 Å². The van der Waals surface area contributed by atoms with Crippen LogP contribution < -0.4 is 10.6 Å². The van der Waals surface area contributed by atoms with E-state index in [2.05, 4.69) is 10.6 Å². The summed E-state index contributed by atoms with van der Waals surface area (Å²) >= 11 is 0. The van der Waals surface area contributed by atoms with Crippen molar-refractivity contribution in [1.82, 2.24) is 5.32 Å². The van der Waals surface area contributed by atoms with Crippen molar-refractivity contribution < 1.29 is 13.6 Å². The molecule has 0 fully saturated rings. The van der Waals surface area contributed by atoms with Crippen LogP contribution in [0.1, 0.15) is 11.1 Å². The highest BCUT2D eigenvalue weighted by Gasteiger charge is 2.06. The molecule has 2 aromatic carbocycles. The van der Waals surface area contributed by atoms with Crippen molar-refractivity contribution in [3.8, 4) is 0 Å². The van der Waals surface area contributed by atoms with Crippen LogP contribution in [0.4, 0.5) is 14.5 Å². The van der Waals surface area contributed by atoms with Crippen LogP contribution in [-0.4, -0.2) is 12.5 Å². The third kappa shape index (κ3) is 4.65. The first-order valence-corrected chi connectivity index (χ1v) is 6.56. The highest BCUT2D eigenvalue weighted by atomic mass is 19.1. The standard InChI is InChI=1S/C16H16F2N2O/c1-11-3-2-4-14(7-11)20-16(21)10-19-9-12-8-13(17)5-6-15(12)18/h2-8,19H,9-10H2,1H3,(H,20,21). The molecule has 2 rings (SSSR count). The van der Waals surface area contributed by atoms with Gasteiger partial charge in [0.1, 0.15) is 11.6 Å². The van der Waals surface area contributed by atoms with Crippen molar-refractivity contribution in [2.45, 2.75) is 13.5 Å². The Balaban J connectivity index is 1.83. The average Bonchev–Trinajstić information content (AvgIpc) is 2.42. The molecule has 0 bridgehead atoms. The fraction of sp³-hybridized carbons (Fsp3) is 0.188. The molecular formula is C16H16F2N2O. The molecule has 0 aliphatic rings. The van der Waals surface area contributed by atoms with Gasteiger partial charge in [-0.1, -0.05) is 12.1 Å². The first-order valence-electron chi connectivity index (χ1n) is 6.56. The molecule has 110 valence electrons. The monoisotopic (exact) mass is 290 g/mol. The molecule has 1 amide bonds. The summed E-state index contributed by atoms with van der Waals surface area (Å²) in [4.78, 5) is 11.7. The number of carbonyl (C=O) groups excluding carboxylic acids is 1. The summed E-state index contributed by atoms with van der Waals surface area (Å²) in [5.41, 5.74) is 1.94. The number of carbonyl (C=O) groups is 1. The van der Waals surface area contributed by atoms with Gasteiger partial charge in [-0.05, 0) is 42.8 Å². The van der Waals surface area contributed by atoms with E-state index in [9.17, 15) is 13.6 Å². The molecule has 0 atom stereocenters. The van der Waals surface area contributed by atoms with Gasteiger partial charge in [-0.2, -0.15) is 0 Å². The van der Waals surface area contributed by atoms with Crippen molar-refractivity contribution in [3.05, 3.63) is 65.2 Å². The highest BCUT2D eigenvalue weighted by molar-refractivity contribution is 5.92. The lowest BCUT2D eigenvalue weighted by Gasteiger charge is -2.08. The minimum absolute atomic E-state index is 0.0178. The number of anilines is 1. The largest absolute Gasteiger partial charge is 0.325 e. The summed E-state index contributed by atoms with van der Waals surface area (Å²) < 4.78 is 26.4. The van der Waals surface area contributed by atoms with E-state index in [0.29, 0.717) is 5.69 Å². The molecule has 0 heterocycles. The minimum Gasteiger partial charge on any atom is -0.325 e. The molecule has 2 N–H and O–H groups in total. The number of aryl methyl sites for hydroxylation is 1. The van der Waals surface area contributed by atoms with Gasteiger partial charge in [0.15, 0.2) is 0 Å². The van der Waals surface area contributed by atoms with E-state index in [1.165, 1.54) is 0 Å². The molecule has 2 aromatic rings. The van der Waals surface area contributed by atoms with Crippen LogP contribution >= 0.6 is 0 Å². The fourth-order valence-electron chi connectivity index (χ4n) is 1.92. The zero-order chi connectivity index (χ0) is 15.2. The summed E-state index contributed by atoms with van der Waals surface area (Å²) in [5.74, 6) is -1.24. The summed E-state index contributed by atoms with van der Waals surface area (Å²) in [5, 5.41) is 5.51. The summed E-state index contributed by atoms with van der Waals surface area (Å²) in [6.07, 6.45) is 0. The number of nitrogens with one attached hydrogen (secondary N) is 2. The third-order valence-corrected chi connectivity index (χ3v) is 2.91. The van der Waals surface area contributed by atoms with Crippen molar-refractivity contribution in [2.75, 3.05) is 11.9 Å². The second kappa shape index (κ2) is 6.95. The Morgan fingerprint density at radius 1 is 1.14 bits per heavy atom. The van der Waals surface area contributed by atoms with Gasteiger partial charge in [0.25, 0.3) is 0 Å². The summed E-state index contributed by atoms with van der Waals surface area (Å²) in [7, 11) is 0. The predicted octanol–water partition coefficient (Wildman–Crippen LogP) is 3.00. The molecular weight excluding hydrogens is 274 g/mol. The molecule has 0 aliphatic heterocycles. The van der Waals surface area contributed by atoms with Crippen LogP contribution in [0.15, 0.2) is 42.5 Å². The minimum atomic E-state index is -0.502. The van der Waals surface area contributed by atoms with Gasteiger partial charge in [0.05, 0.1) is 6.54 Å². The van der Waals surface area contributed by atoms with Gasteiger partial charge in [0.2, 0.25) is 5.91 Å². The van der Waals surface area contributed by atoms with E-state index in [1.807, 2.05) is 25.1 Å². The number of halogens is 2. The van der Waals surface area contributed by atoms with E-state index in [4.69, 9.17) is 0 Å². The molecule has 0 spiro atoms. The lowest BCUT2D eigenvalue weighted by molar-refractivity contribution is -0.115.